The van der Waals surface area contributed by atoms with Crippen molar-refractivity contribution in [3.05, 3.63) is 35.4 Å². The van der Waals surface area contributed by atoms with Crippen LogP contribution in [0.25, 0.3) is 0 Å². The van der Waals surface area contributed by atoms with Crippen molar-refractivity contribution in [1.29, 1.82) is 0 Å². The molecule has 3 rings (SSSR count). The number of ether oxygens (including phenoxy) is 1. The van der Waals surface area contributed by atoms with Crippen LogP contribution in [-0.4, -0.2) is 42.6 Å². The topological polar surface area (TPSA) is 67.6 Å². The van der Waals surface area contributed by atoms with Crippen molar-refractivity contribution in [2.75, 3.05) is 19.7 Å². The standard InChI is InChI=1S/C19H29N3O2/c1-14-12-22(8-9-24-14)13-16-5-2-4-15(10-16)11-21-19(23)17-6-3-7-18(17)20/h2,4-5,10,14,17-18H,3,6-9,11-13,20H2,1H3,(H,21,23)/t14-,17-,18-/m1/s1. The highest BCUT2D eigenvalue weighted by Gasteiger charge is 2.29. The van der Waals surface area contributed by atoms with E-state index in [0.29, 0.717) is 12.6 Å². The fraction of sp³-hybridized carbons (Fsp3) is 0.632. The van der Waals surface area contributed by atoms with Gasteiger partial charge in [0.15, 0.2) is 0 Å². The number of nitrogens with two attached hydrogens (primary N) is 1. The van der Waals surface area contributed by atoms with Crippen molar-refractivity contribution in [3.8, 4) is 0 Å². The molecule has 5 heteroatoms. The molecule has 1 saturated heterocycles. The summed E-state index contributed by atoms with van der Waals surface area (Å²) in [6.45, 7) is 6.38. The highest BCUT2D eigenvalue weighted by molar-refractivity contribution is 5.79. The molecule has 0 spiro atoms. The van der Waals surface area contributed by atoms with Crippen LogP contribution in [0.15, 0.2) is 24.3 Å². The number of morpholine rings is 1. The van der Waals surface area contributed by atoms with Crippen LogP contribution in [-0.2, 0) is 22.6 Å². The highest BCUT2D eigenvalue weighted by Crippen LogP contribution is 2.24. The Morgan fingerprint density at radius 3 is 2.96 bits per heavy atom. The first-order chi connectivity index (χ1) is 11.6. The molecule has 3 N–H and O–H groups in total. The molecule has 132 valence electrons. The summed E-state index contributed by atoms with van der Waals surface area (Å²) in [5, 5.41) is 3.06. The summed E-state index contributed by atoms with van der Waals surface area (Å²) >= 11 is 0. The van der Waals surface area contributed by atoms with E-state index in [1.807, 2.05) is 0 Å². The van der Waals surface area contributed by atoms with Gasteiger partial charge in [-0.15, -0.1) is 0 Å². The minimum absolute atomic E-state index is 0.0111. The molecule has 3 atom stereocenters. The number of carbonyl (C=O) groups is 1. The number of benzene rings is 1. The summed E-state index contributed by atoms with van der Waals surface area (Å²) in [7, 11) is 0. The molecule has 1 saturated carbocycles. The Morgan fingerprint density at radius 2 is 2.21 bits per heavy atom. The number of carbonyl (C=O) groups excluding carboxylic acids is 1. The Kier molecular flexibility index (Phi) is 5.87. The normalized spacial score (nSPS) is 28.0. The van der Waals surface area contributed by atoms with Crippen LogP contribution in [0, 0.1) is 5.92 Å². The fourth-order valence-corrected chi connectivity index (χ4v) is 3.76. The zero-order valence-electron chi connectivity index (χ0n) is 14.5. The maximum Gasteiger partial charge on any atom is 0.224 e. The summed E-state index contributed by atoms with van der Waals surface area (Å²) < 4.78 is 5.59. The summed E-state index contributed by atoms with van der Waals surface area (Å²) in [5.41, 5.74) is 8.44. The van der Waals surface area contributed by atoms with E-state index in [4.69, 9.17) is 10.5 Å². The van der Waals surface area contributed by atoms with Crippen molar-refractivity contribution in [2.45, 2.75) is 51.4 Å². The van der Waals surface area contributed by atoms with E-state index in [9.17, 15) is 4.79 Å². The SMILES string of the molecule is C[C@@H]1CN(Cc2cccc(CNC(=O)[C@@H]3CCC[C@H]3N)c2)CCO1. The van der Waals surface area contributed by atoms with Crippen molar-refractivity contribution in [3.63, 3.8) is 0 Å². The van der Waals surface area contributed by atoms with Crippen molar-refractivity contribution in [1.82, 2.24) is 10.2 Å². The molecular formula is C19H29N3O2. The average molecular weight is 331 g/mol. The first-order valence-electron chi connectivity index (χ1n) is 9.07. The molecule has 2 fully saturated rings. The first kappa shape index (κ1) is 17.4. The van der Waals surface area contributed by atoms with E-state index in [0.717, 1.165) is 51.1 Å². The average Bonchev–Trinajstić information content (AvgIpc) is 2.99. The van der Waals surface area contributed by atoms with E-state index >= 15 is 0 Å². The second-order valence-corrected chi connectivity index (χ2v) is 7.16. The Morgan fingerprint density at radius 1 is 1.38 bits per heavy atom. The fourth-order valence-electron chi connectivity index (χ4n) is 3.76. The molecule has 0 aromatic heterocycles. The minimum Gasteiger partial charge on any atom is -0.376 e. The summed E-state index contributed by atoms with van der Waals surface area (Å²) in [5.74, 6) is 0.0930. The molecule has 1 aliphatic carbocycles. The maximum absolute atomic E-state index is 12.3. The lowest BCUT2D eigenvalue weighted by molar-refractivity contribution is -0.125. The third kappa shape index (κ3) is 4.56. The van der Waals surface area contributed by atoms with Gasteiger partial charge in [0.05, 0.1) is 18.6 Å². The molecule has 1 aromatic carbocycles. The quantitative estimate of drug-likeness (QED) is 0.861. The number of nitrogens with zero attached hydrogens (tertiary/aromatic N) is 1. The van der Waals surface area contributed by atoms with Crippen molar-refractivity contribution in [2.24, 2.45) is 11.7 Å². The second-order valence-electron chi connectivity index (χ2n) is 7.16. The van der Waals surface area contributed by atoms with Gasteiger partial charge < -0.3 is 15.8 Å². The molecule has 2 aliphatic rings. The van der Waals surface area contributed by atoms with E-state index < -0.39 is 0 Å². The number of rotatable bonds is 5. The molecule has 24 heavy (non-hydrogen) atoms. The molecular weight excluding hydrogens is 302 g/mol. The molecule has 5 nitrogen and oxygen atoms in total. The lowest BCUT2D eigenvalue weighted by Crippen LogP contribution is -2.40. The van der Waals surface area contributed by atoms with Crippen LogP contribution in [0.2, 0.25) is 0 Å². The highest BCUT2D eigenvalue weighted by atomic mass is 16.5. The molecule has 1 aromatic rings. The van der Waals surface area contributed by atoms with E-state index in [2.05, 4.69) is 41.4 Å². The lowest BCUT2D eigenvalue weighted by Gasteiger charge is -2.31. The minimum atomic E-state index is -0.0111. The van der Waals surface area contributed by atoms with Crippen molar-refractivity contribution < 1.29 is 9.53 Å². The Hall–Kier alpha value is -1.43. The van der Waals surface area contributed by atoms with Crippen LogP contribution in [0.1, 0.15) is 37.3 Å². The van der Waals surface area contributed by atoms with E-state index in [-0.39, 0.29) is 17.9 Å². The predicted octanol–water partition coefficient (Wildman–Crippen LogP) is 1.65. The largest absolute Gasteiger partial charge is 0.376 e. The van der Waals surface area contributed by atoms with E-state index in [1.165, 1.54) is 5.56 Å². The third-order valence-corrected chi connectivity index (χ3v) is 5.10. The molecule has 0 unspecified atom stereocenters. The van der Waals surface area contributed by atoms with Crippen LogP contribution in [0.3, 0.4) is 0 Å². The van der Waals surface area contributed by atoms with Gasteiger partial charge in [0.2, 0.25) is 5.91 Å². The van der Waals surface area contributed by atoms with E-state index in [1.54, 1.807) is 0 Å². The summed E-state index contributed by atoms with van der Waals surface area (Å²) in [6, 6.07) is 8.51. The summed E-state index contributed by atoms with van der Waals surface area (Å²) in [4.78, 5) is 14.7. The number of amides is 1. The Bertz CT molecular complexity index is 563. The number of nitrogens with one attached hydrogen (secondary N) is 1. The monoisotopic (exact) mass is 331 g/mol. The Labute approximate surface area is 144 Å². The zero-order valence-corrected chi connectivity index (χ0v) is 14.5. The van der Waals surface area contributed by atoms with Gasteiger partial charge in [-0.3, -0.25) is 9.69 Å². The number of hydrogen-bond donors (Lipinski definition) is 2. The summed E-state index contributed by atoms with van der Waals surface area (Å²) in [6.07, 6.45) is 3.25. The Balaban J connectivity index is 1.52. The van der Waals surface area contributed by atoms with Gasteiger partial charge in [0.25, 0.3) is 0 Å². The molecule has 1 aliphatic heterocycles. The van der Waals surface area contributed by atoms with Gasteiger partial charge in [-0.2, -0.15) is 0 Å². The van der Waals surface area contributed by atoms with Crippen LogP contribution < -0.4 is 11.1 Å². The van der Waals surface area contributed by atoms with Gasteiger partial charge in [0, 0.05) is 32.2 Å². The second kappa shape index (κ2) is 8.10. The molecule has 1 amide bonds. The van der Waals surface area contributed by atoms with Gasteiger partial charge in [-0.25, -0.2) is 0 Å². The van der Waals surface area contributed by atoms with Gasteiger partial charge >= 0.3 is 0 Å². The smallest absolute Gasteiger partial charge is 0.224 e. The van der Waals surface area contributed by atoms with Gasteiger partial charge in [0.1, 0.15) is 0 Å². The molecule has 0 bridgehead atoms. The van der Waals surface area contributed by atoms with Gasteiger partial charge in [-0.05, 0) is 30.9 Å². The maximum atomic E-state index is 12.3. The van der Waals surface area contributed by atoms with Crippen LogP contribution >= 0.6 is 0 Å². The van der Waals surface area contributed by atoms with Crippen LogP contribution in [0.5, 0.6) is 0 Å². The molecule has 0 radical (unpaired) electrons. The predicted molar refractivity (Wildman–Crippen MR) is 94.3 cm³/mol. The zero-order chi connectivity index (χ0) is 16.9. The van der Waals surface area contributed by atoms with Crippen molar-refractivity contribution >= 4 is 5.91 Å². The van der Waals surface area contributed by atoms with Crippen LogP contribution in [0.4, 0.5) is 0 Å². The van der Waals surface area contributed by atoms with Gasteiger partial charge in [-0.1, -0.05) is 30.7 Å². The number of hydrogen-bond acceptors (Lipinski definition) is 4. The third-order valence-electron chi connectivity index (χ3n) is 5.10. The first-order valence-corrected chi connectivity index (χ1v) is 9.07. The molecule has 1 heterocycles. The lowest BCUT2D eigenvalue weighted by atomic mass is 10.0.